The summed E-state index contributed by atoms with van der Waals surface area (Å²) in [6.45, 7) is -0.00118. The van der Waals surface area contributed by atoms with Crippen molar-refractivity contribution in [2.45, 2.75) is 12.8 Å². The fraction of sp³-hybridized carbons (Fsp3) is 0.364. The largest absolute Gasteiger partial charge is 0.486 e. The molecule has 0 bridgehead atoms. The standard InChI is InChI=1S/C11H10ClNO4/c12-9-5-8(3-4-10(9)13(15)16)17-6-11(14)7-1-2-7/h3-5,7H,1-2,6H2. The van der Waals surface area contributed by atoms with E-state index < -0.39 is 4.92 Å². The minimum atomic E-state index is -0.568. The molecule has 1 aromatic carbocycles. The summed E-state index contributed by atoms with van der Waals surface area (Å²) >= 11 is 5.71. The molecule has 1 fully saturated rings. The summed E-state index contributed by atoms with van der Waals surface area (Å²) < 4.78 is 5.23. The Kier molecular flexibility index (Phi) is 3.28. The second-order valence-corrected chi connectivity index (χ2v) is 4.31. The Morgan fingerprint density at radius 3 is 2.76 bits per heavy atom. The zero-order valence-electron chi connectivity index (χ0n) is 8.89. The Morgan fingerprint density at radius 2 is 2.24 bits per heavy atom. The van der Waals surface area contributed by atoms with Crippen LogP contribution in [0.1, 0.15) is 12.8 Å². The molecule has 0 amide bonds. The quantitative estimate of drug-likeness (QED) is 0.599. The van der Waals surface area contributed by atoms with Crippen LogP contribution in [0.2, 0.25) is 5.02 Å². The van der Waals surface area contributed by atoms with Crippen LogP contribution in [0.25, 0.3) is 0 Å². The molecular formula is C11H10ClNO4. The van der Waals surface area contributed by atoms with Gasteiger partial charge in [-0.1, -0.05) is 11.6 Å². The van der Waals surface area contributed by atoms with Gasteiger partial charge in [-0.05, 0) is 18.9 Å². The van der Waals surface area contributed by atoms with E-state index in [4.69, 9.17) is 16.3 Å². The van der Waals surface area contributed by atoms with Crippen LogP contribution in [-0.4, -0.2) is 17.3 Å². The van der Waals surface area contributed by atoms with Crippen molar-refractivity contribution in [3.63, 3.8) is 0 Å². The van der Waals surface area contributed by atoms with Gasteiger partial charge >= 0.3 is 0 Å². The second-order valence-electron chi connectivity index (χ2n) is 3.90. The lowest BCUT2D eigenvalue weighted by Crippen LogP contribution is -2.12. The Balaban J connectivity index is 1.99. The summed E-state index contributed by atoms with van der Waals surface area (Å²) in [5.74, 6) is 0.581. The summed E-state index contributed by atoms with van der Waals surface area (Å²) in [6.07, 6.45) is 1.87. The van der Waals surface area contributed by atoms with Crippen LogP contribution >= 0.6 is 11.6 Å². The number of ketones is 1. The fourth-order valence-corrected chi connectivity index (χ4v) is 1.64. The van der Waals surface area contributed by atoms with Gasteiger partial charge in [-0.2, -0.15) is 0 Å². The van der Waals surface area contributed by atoms with Crippen molar-refractivity contribution in [3.05, 3.63) is 33.3 Å². The van der Waals surface area contributed by atoms with Crippen molar-refractivity contribution >= 4 is 23.1 Å². The molecule has 2 rings (SSSR count). The highest BCUT2D eigenvalue weighted by Gasteiger charge is 2.29. The molecule has 0 atom stereocenters. The highest BCUT2D eigenvalue weighted by atomic mass is 35.5. The van der Waals surface area contributed by atoms with Crippen LogP contribution in [0.5, 0.6) is 5.75 Å². The van der Waals surface area contributed by atoms with Gasteiger partial charge in [0.2, 0.25) is 0 Å². The molecule has 1 saturated carbocycles. The molecule has 0 N–H and O–H groups in total. The van der Waals surface area contributed by atoms with Crippen molar-refractivity contribution in [1.29, 1.82) is 0 Å². The molecule has 0 unspecified atom stereocenters. The third-order valence-electron chi connectivity index (χ3n) is 2.53. The van der Waals surface area contributed by atoms with Gasteiger partial charge in [-0.15, -0.1) is 0 Å². The molecule has 5 nitrogen and oxygen atoms in total. The van der Waals surface area contributed by atoms with Crippen LogP contribution in [0.3, 0.4) is 0 Å². The summed E-state index contributed by atoms with van der Waals surface area (Å²) in [5.41, 5.74) is -0.174. The highest BCUT2D eigenvalue weighted by molar-refractivity contribution is 6.32. The van der Waals surface area contributed by atoms with E-state index in [-0.39, 0.29) is 29.0 Å². The van der Waals surface area contributed by atoms with Crippen LogP contribution in [-0.2, 0) is 4.79 Å². The molecule has 0 spiro atoms. The number of halogens is 1. The number of ether oxygens (including phenoxy) is 1. The van der Waals surface area contributed by atoms with Gasteiger partial charge in [0.1, 0.15) is 17.4 Å². The van der Waals surface area contributed by atoms with Crippen molar-refractivity contribution in [2.24, 2.45) is 5.92 Å². The lowest BCUT2D eigenvalue weighted by Gasteiger charge is -2.05. The summed E-state index contributed by atoms with van der Waals surface area (Å²) in [5, 5.41) is 10.5. The molecule has 0 heterocycles. The highest BCUT2D eigenvalue weighted by Crippen LogP contribution is 2.31. The van der Waals surface area contributed by atoms with Gasteiger partial charge in [0.25, 0.3) is 5.69 Å². The van der Waals surface area contributed by atoms with E-state index in [0.717, 1.165) is 12.8 Å². The van der Waals surface area contributed by atoms with Crippen molar-refractivity contribution in [1.82, 2.24) is 0 Å². The summed E-state index contributed by atoms with van der Waals surface area (Å²) in [6, 6.07) is 4.04. The molecule has 1 aromatic rings. The van der Waals surface area contributed by atoms with Crippen LogP contribution in [0.15, 0.2) is 18.2 Å². The minimum Gasteiger partial charge on any atom is -0.486 e. The number of carbonyl (C=O) groups is 1. The maximum atomic E-state index is 11.4. The molecule has 6 heteroatoms. The zero-order chi connectivity index (χ0) is 12.4. The van der Waals surface area contributed by atoms with E-state index in [1.165, 1.54) is 18.2 Å². The van der Waals surface area contributed by atoms with Crippen LogP contribution < -0.4 is 4.74 Å². The average molecular weight is 256 g/mol. The molecule has 90 valence electrons. The maximum absolute atomic E-state index is 11.4. The maximum Gasteiger partial charge on any atom is 0.288 e. The van der Waals surface area contributed by atoms with Gasteiger partial charge in [-0.25, -0.2) is 0 Å². The summed E-state index contributed by atoms with van der Waals surface area (Å²) in [4.78, 5) is 21.3. The van der Waals surface area contributed by atoms with Crippen molar-refractivity contribution in [3.8, 4) is 5.75 Å². The SMILES string of the molecule is O=C(COc1ccc([N+](=O)[O-])c(Cl)c1)C1CC1. The second kappa shape index (κ2) is 4.71. The number of hydrogen-bond acceptors (Lipinski definition) is 4. The van der Waals surface area contributed by atoms with Gasteiger partial charge in [-0.3, -0.25) is 14.9 Å². The number of benzene rings is 1. The number of nitro groups is 1. The number of nitro benzene ring substituents is 1. The monoisotopic (exact) mass is 255 g/mol. The van der Waals surface area contributed by atoms with Gasteiger partial charge in [0.15, 0.2) is 5.78 Å². The van der Waals surface area contributed by atoms with Crippen molar-refractivity contribution in [2.75, 3.05) is 6.61 Å². The third kappa shape index (κ3) is 2.94. The molecule has 17 heavy (non-hydrogen) atoms. The van der Waals surface area contributed by atoms with E-state index in [1.807, 2.05) is 0 Å². The first-order valence-corrected chi connectivity index (χ1v) is 5.55. The summed E-state index contributed by atoms with van der Waals surface area (Å²) in [7, 11) is 0. The molecule has 1 aliphatic carbocycles. The minimum absolute atomic E-state index is 0.00118. The van der Waals surface area contributed by atoms with Gasteiger partial charge in [0.05, 0.1) is 4.92 Å². The first kappa shape index (κ1) is 11.9. The Bertz CT molecular complexity index is 471. The number of Topliss-reactive ketones (excluding diaryl/α,β-unsaturated/α-hetero) is 1. The van der Waals surface area contributed by atoms with Crippen LogP contribution in [0.4, 0.5) is 5.69 Å². The topological polar surface area (TPSA) is 69.4 Å². The molecular weight excluding hydrogens is 246 g/mol. The first-order valence-electron chi connectivity index (χ1n) is 5.17. The van der Waals surface area contributed by atoms with E-state index in [0.29, 0.717) is 5.75 Å². The fourth-order valence-electron chi connectivity index (χ4n) is 1.40. The average Bonchev–Trinajstić information content (AvgIpc) is 3.09. The van der Waals surface area contributed by atoms with Crippen molar-refractivity contribution < 1.29 is 14.5 Å². The number of hydrogen-bond donors (Lipinski definition) is 0. The Morgan fingerprint density at radius 1 is 1.53 bits per heavy atom. The van der Waals surface area contributed by atoms with E-state index >= 15 is 0 Å². The molecule has 1 aliphatic rings. The van der Waals surface area contributed by atoms with Gasteiger partial charge < -0.3 is 4.74 Å². The predicted octanol–water partition coefficient (Wildman–Crippen LogP) is 2.61. The van der Waals surface area contributed by atoms with E-state index in [2.05, 4.69) is 0 Å². The Hall–Kier alpha value is -1.62. The molecule has 0 aliphatic heterocycles. The lowest BCUT2D eigenvalue weighted by atomic mass is 10.3. The number of carbonyl (C=O) groups excluding carboxylic acids is 1. The van der Waals surface area contributed by atoms with Gasteiger partial charge in [0, 0.05) is 18.1 Å². The molecule has 0 saturated heterocycles. The normalized spacial score (nSPS) is 14.4. The van der Waals surface area contributed by atoms with E-state index in [9.17, 15) is 14.9 Å². The van der Waals surface area contributed by atoms with E-state index in [1.54, 1.807) is 0 Å². The zero-order valence-corrected chi connectivity index (χ0v) is 9.64. The first-order chi connectivity index (χ1) is 8.08. The van der Waals surface area contributed by atoms with Crippen LogP contribution in [0, 0.1) is 16.0 Å². The smallest absolute Gasteiger partial charge is 0.288 e. The Labute approximate surface area is 102 Å². The predicted molar refractivity (Wildman–Crippen MR) is 61.3 cm³/mol. The third-order valence-corrected chi connectivity index (χ3v) is 2.83. The molecule has 0 aromatic heterocycles. The number of rotatable bonds is 5. The molecule has 0 radical (unpaired) electrons. The number of nitrogens with zero attached hydrogens (tertiary/aromatic N) is 1. The lowest BCUT2D eigenvalue weighted by molar-refractivity contribution is -0.384.